The van der Waals surface area contributed by atoms with Crippen molar-refractivity contribution in [3.8, 4) is 6.07 Å². The quantitative estimate of drug-likeness (QED) is 0.876. The Morgan fingerprint density at radius 2 is 2.00 bits per heavy atom. The molecule has 0 aliphatic carbocycles. The minimum atomic E-state index is -3.43. The summed E-state index contributed by atoms with van der Waals surface area (Å²) in [5.74, 6) is -1.69. The van der Waals surface area contributed by atoms with Crippen molar-refractivity contribution in [1.82, 2.24) is 4.31 Å². The summed E-state index contributed by atoms with van der Waals surface area (Å²) >= 11 is 0. The first-order valence-electron chi connectivity index (χ1n) is 6.53. The number of benzene rings is 1. The molecule has 1 fully saturated rings. The van der Waals surface area contributed by atoms with Crippen LogP contribution in [-0.2, 0) is 20.6 Å². The number of carbonyl (C=O) groups is 1. The van der Waals surface area contributed by atoms with Crippen molar-refractivity contribution in [2.75, 3.05) is 13.1 Å². The van der Waals surface area contributed by atoms with Gasteiger partial charge in [0, 0.05) is 13.1 Å². The van der Waals surface area contributed by atoms with Crippen LogP contribution >= 0.6 is 0 Å². The summed E-state index contributed by atoms with van der Waals surface area (Å²) in [5.41, 5.74) is 1.10. The molecule has 0 bridgehead atoms. The first-order valence-corrected chi connectivity index (χ1v) is 8.14. The fourth-order valence-electron chi connectivity index (χ4n) is 2.19. The molecule has 1 atom stereocenters. The number of nitrogens with zero attached hydrogens (tertiary/aromatic N) is 2. The molecule has 1 aliphatic heterocycles. The van der Waals surface area contributed by atoms with Crippen molar-refractivity contribution in [3.63, 3.8) is 0 Å². The van der Waals surface area contributed by atoms with Gasteiger partial charge >= 0.3 is 5.97 Å². The van der Waals surface area contributed by atoms with E-state index in [0.29, 0.717) is 11.1 Å². The van der Waals surface area contributed by atoms with Crippen LogP contribution in [0.5, 0.6) is 0 Å². The number of carboxylic acid groups (broad SMARTS) is 1. The van der Waals surface area contributed by atoms with E-state index in [1.165, 1.54) is 4.31 Å². The van der Waals surface area contributed by atoms with Gasteiger partial charge in [0.05, 0.1) is 23.3 Å². The Kier molecular flexibility index (Phi) is 4.30. The van der Waals surface area contributed by atoms with Crippen molar-refractivity contribution >= 4 is 16.0 Å². The third-order valence-corrected chi connectivity index (χ3v) is 5.58. The van der Waals surface area contributed by atoms with Crippen LogP contribution in [-0.4, -0.2) is 36.9 Å². The molecule has 0 radical (unpaired) electrons. The third kappa shape index (κ3) is 3.40. The summed E-state index contributed by atoms with van der Waals surface area (Å²) in [4.78, 5) is 10.8. The Hall–Kier alpha value is -1.91. The summed E-state index contributed by atoms with van der Waals surface area (Å²) in [6.45, 7) is 2.11. The maximum Gasteiger partial charge on any atom is 0.306 e. The van der Waals surface area contributed by atoms with Gasteiger partial charge in [-0.15, -0.1) is 0 Å². The van der Waals surface area contributed by atoms with Crippen LogP contribution in [0.4, 0.5) is 0 Å². The zero-order valence-electron chi connectivity index (χ0n) is 11.6. The van der Waals surface area contributed by atoms with Gasteiger partial charge in [0.1, 0.15) is 0 Å². The van der Waals surface area contributed by atoms with E-state index < -0.39 is 21.9 Å². The van der Waals surface area contributed by atoms with Crippen molar-refractivity contribution in [1.29, 1.82) is 5.26 Å². The van der Waals surface area contributed by atoms with E-state index in [0.717, 1.165) is 0 Å². The molecule has 1 aromatic carbocycles. The van der Waals surface area contributed by atoms with Gasteiger partial charge < -0.3 is 5.11 Å². The highest BCUT2D eigenvalue weighted by Gasteiger charge is 2.40. The minimum absolute atomic E-state index is 0.127. The Bertz CT molecular complexity index is 670. The molecule has 1 aromatic rings. The van der Waals surface area contributed by atoms with Gasteiger partial charge in [0.25, 0.3) is 0 Å². The largest absolute Gasteiger partial charge is 0.481 e. The monoisotopic (exact) mass is 308 g/mol. The number of aliphatic carboxylic acids is 1. The van der Waals surface area contributed by atoms with Gasteiger partial charge in [0.15, 0.2) is 0 Å². The van der Waals surface area contributed by atoms with E-state index in [1.54, 1.807) is 31.2 Å². The number of nitriles is 1. The van der Waals surface area contributed by atoms with E-state index in [1.807, 2.05) is 6.07 Å². The summed E-state index contributed by atoms with van der Waals surface area (Å²) < 4.78 is 25.7. The van der Waals surface area contributed by atoms with Crippen LogP contribution in [0.25, 0.3) is 0 Å². The minimum Gasteiger partial charge on any atom is -0.481 e. The molecule has 6 nitrogen and oxygen atoms in total. The number of carboxylic acids is 1. The van der Waals surface area contributed by atoms with Crippen molar-refractivity contribution in [2.24, 2.45) is 11.8 Å². The van der Waals surface area contributed by atoms with Gasteiger partial charge in [0.2, 0.25) is 10.0 Å². The first kappa shape index (κ1) is 15.5. The molecule has 0 amide bonds. The first-order chi connectivity index (χ1) is 9.83. The molecule has 1 aliphatic rings. The summed E-state index contributed by atoms with van der Waals surface area (Å²) in [6, 6.07) is 8.37. The SMILES string of the molecule is CC(C(=O)O)C1CN(S(=O)(=O)Cc2ccc(C#N)cc2)C1. The van der Waals surface area contributed by atoms with Crippen LogP contribution in [0.2, 0.25) is 0 Å². The molecular weight excluding hydrogens is 292 g/mol. The molecule has 2 rings (SSSR count). The van der Waals surface area contributed by atoms with Crippen molar-refractivity contribution in [3.05, 3.63) is 35.4 Å². The Labute approximate surface area is 123 Å². The lowest BCUT2D eigenvalue weighted by Crippen LogP contribution is -2.53. The van der Waals surface area contributed by atoms with E-state index in [-0.39, 0.29) is 24.8 Å². The van der Waals surface area contributed by atoms with E-state index in [9.17, 15) is 13.2 Å². The lowest BCUT2D eigenvalue weighted by atomic mass is 9.89. The Balaban J connectivity index is 1.98. The van der Waals surface area contributed by atoms with Crippen molar-refractivity contribution < 1.29 is 18.3 Å². The lowest BCUT2D eigenvalue weighted by Gasteiger charge is -2.40. The van der Waals surface area contributed by atoms with E-state index in [4.69, 9.17) is 10.4 Å². The lowest BCUT2D eigenvalue weighted by molar-refractivity contribution is -0.144. The smallest absolute Gasteiger partial charge is 0.306 e. The summed E-state index contributed by atoms with van der Waals surface area (Å²) in [7, 11) is -3.43. The van der Waals surface area contributed by atoms with Gasteiger partial charge in [-0.25, -0.2) is 12.7 Å². The highest BCUT2D eigenvalue weighted by atomic mass is 32.2. The molecule has 1 unspecified atom stereocenters. The second-order valence-electron chi connectivity index (χ2n) is 5.27. The normalized spacial score (nSPS) is 17.7. The standard InChI is InChI=1S/C14H16N2O4S/c1-10(14(17)18)13-7-16(8-13)21(19,20)9-12-4-2-11(6-15)3-5-12/h2-5,10,13H,7-9H2,1H3,(H,17,18). The highest BCUT2D eigenvalue weighted by Crippen LogP contribution is 2.28. The molecule has 0 saturated carbocycles. The number of rotatable bonds is 5. The third-order valence-electron chi connectivity index (χ3n) is 3.80. The van der Waals surface area contributed by atoms with Crippen LogP contribution < -0.4 is 0 Å². The zero-order valence-corrected chi connectivity index (χ0v) is 12.4. The molecular formula is C14H16N2O4S. The second-order valence-corrected chi connectivity index (χ2v) is 7.24. The fourth-order valence-corrected chi connectivity index (χ4v) is 3.83. The highest BCUT2D eigenvalue weighted by molar-refractivity contribution is 7.88. The average molecular weight is 308 g/mol. The van der Waals surface area contributed by atoms with Crippen LogP contribution in [0.1, 0.15) is 18.1 Å². The summed E-state index contributed by atoms with van der Waals surface area (Å²) in [5, 5.41) is 17.6. The van der Waals surface area contributed by atoms with E-state index >= 15 is 0 Å². The van der Waals surface area contributed by atoms with Gasteiger partial charge in [-0.3, -0.25) is 4.79 Å². The second kappa shape index (κ2) is 5.84. The topological polar surface area (TPSA) is 98.5 Å². The maximum absolute atomic E-state index is 12.2. The number of hydrogen-bond donors (Lipinski definition) is 1. The number of sulfonamides is 1. The molecule has 1 N–H and O–H groups in total. The van der Waals surface area contributed by atoms with Crippen LogP contribution in [0.3, 0.4) is 0 Å². The molecule has 112 valence electrons. The molecule has 0 spiro atoms. The van der Waals surface area contributed by atoms with Crippen LogP contribution in [0.15, 0.2) is 24.3 Å². The van der Waals surface area contributed by atoms with E-state index in [2.05, 4.69) is 0 Å². The van der Waals surface area contributed by atoms with Crippen LogP contribution in [0, 0.1) is 23.2 Å². The number of hydrogen-bond acceptors (Lipinski definition) is 4. The molecule has 7 heteroatoms. The Morgan fingerprint density at radius 1 is 1.43 bits per heavy atom. The molecule has 21 heavy (non-hydrogen) atoms. The maximum atomic E-state index is 12.2. The predicted octanol–water partition coefficient (Wildman–Crippen LogP) is 1.04. The molecule has 1 heterocycles. The van der Waals surface area contributed by atoms with Gasteiger partial charge in [-0.05, 0) is 23.6 Å². The van der Waals surface area contributed by atoms with Gasteiger partial charge in [-0.1, -0.05) is 19.1 Å². The summed E-state index contributed by atoms with van der Waals surface area (Å²) in [6.07, 6.45) is 0. The molecule has 0 aromatic heterocycles. The predicted molar refractivity (Wildman–Crippen MR) is 75.6 cm³/mol. The van der Waals surface area contributed by atoms with Crippen molar-refractivity contribution in [2.45, 2.75) is 12.7 Å². The fraction of sp³-hybridized carbons (Fsp3) is 0.429. The Morgan fingerprint density at radius 3 is 2.48 bits per heavy atom. The zero-order chi connectivity index (χ0) is 15.6. The molecule has 1 saturated heterocycles. The average Bonchev–Trinajstić information content (AvgIpc) is 2.36. The van der Waals surface area contributed by atoms with Gasteiger partial charge in [-0.2, -0.15) is 5.26 Å².